The van der Waals surface area contributed by atoms with Gasteiger partial charge in [-0.05, 0) is 89.9 Å². The van der Waals surface area contributed by atoms with Crippen LogP contribution in [0.15, 0.2) is 71.5 Å². The molecule has 10 nitrogen and oxygen atoms in total. The van der Waals surface area contributed by atoms with Crippen LogP contribution in [-0.2, 0) is 30.3 Å². The predicted molar refractivity (Wildman–Crippen MR) is 174 cm³/mol. The summed E-state index contributed by atoms with van der Waals surface area (Å²) in [6, 6.07) is 19.7. The highest BCUT2D eigenvalue weighted by Crippen LogP contribution is 2.31. The molecule has 0 N–H and O–H groups in total. The number of nitrogens with zero attached hydrogens (tertiary/aromatic N) is 2. The summed E-state index contributed by atoms with van der Waals surface area (Å²) < 4.78 is 23.3. The lowest BCUT2D eigenvalue weighted by Gasteiger charge is -2.27. The molecule has 0 aliphatic carbocycles. The number of esters is 3. The molecule has 0 atom stereocenters. The van der Waals surface area contributed by atoms with Gasteiger partial charge in [0.25, 0.3) is 5.56 Å². The highest BCUT2D eigenvalue weighted by molar-refractivity contribution is 6.04. The van der Waals surface area contributed by atoms with Gasteiger partial charge >= 0.3 is 17.9 Å². The van der Waals surface area contributed by atoms with Gasteiger partial charge in [-0.25, -0.2) is 9.78 Å². The molecule has 0 aliphatic rings. The summed E-state index contributed by atoms with van der Waals surface area (Å²) in [6.07, 6.45) is 0. The zero-order valence-electron chi connectivity index (χ0n) is 27.5. The number of carbonyl (C=O) groups is 3. The Balaban J connectivity index is 2.08. The first-order valence-corrected chi connectivity index (χ1v) is 15.0. The molecule has 0 aliphatic heterocycles. The Hall–Kier alpha value is -4.99. The summed E-state index contributed by atoms with van der Waals surface area (Å²) in [5.74, 6) is -4.08. The Labute approximate surface area is 268 Å². The van der Waals surface area contributed by atoms with Gasteiger partial charge in [0, 0.05) is 5.39 Å². The van der Waals surface area contributed by atoms with Gasteiger partial charge in [-0.15, -0.1) is 0 Å². The molecular weight excluding hydrogens is 588 g/mol. The van der Waals surface area contributed by atoms with Gasteiger partial charge in [-0.1, -0.05) is 36.4 Å². The number of pyridine rings is 2. The average molecular weight is 629 g/mol. The first-order chi connectivity index (χ1) is 21.6. The van der Waals surface area contributed by atoms with E-state index in [1.54, 1.807) is 85.9 Å². The molecule has 0 spiro atoms. The molecule has 0 amide bonds. The third-order valence-corrected chi connectivity index (χ3v) is 6.77. The van der Waals surface area contributed by atoms with E-state index in [1.807, 2.05) is 30.3 Å². The van der Waals surface area contributed by atoms with E-state index < -0.39 is 46.2 Å². The molecular formula is C36H40N2O8. The van der Waals surface area contributed by atoms with Crippen molar-refractivity contribution in [2.24, 2.45) is 0 Å². The lowest BCUT2D eigenvalue weighted by Crippen LogP contribution is -2.39. The van der Waals surface area contributed by atoms with Crippen LogP contribution in [0.3, 0.4) is 0 Å². The number of carbonyl (C=O) groups excluding carboxylic acids is 3. The normalized spacial score (nSPS) is 11.8. The topological polar surface area (TPSA) is 123 Å². The van der Waals surface area contributed by atoms with Crippen molar-refractivity contribution in [3.63, 3.8) is 0 Å². The summed E-state index contributed by atoms with van der Waals surface area (Å²) in [5.41, 5.74) is -1.38. The maximum Gasteiger partial charge on any atom is 0.344 e. The maximum absolute atomic E-state index is 14.5. The van der Waals surface area contributed by atoms with Crippen LogP contribution in [0.1, 0.15) is 75.9 Å². The van der Waals surface area contributed by atoms with Gasteiger partial charge in [0.1, 0.15) is 22.5 Å². The Morgan fingerprint density at radius 2 is 1.46 bits per heavy atom. The molecule has 0 fully saturated rings. The largest absolute Gasteiger partial charge is 0.497 e. The first-order valence-electron chi connectivity index (χ1n) is 15.0. The fourth-order valence-electron chi connectivity index (χ4n) is 4.86. The Morgan fingerprint density at radius 1 is 0.848 bits per heavy atom. The summed E-state index contributed by atoms with van der Waals surface area (Å²) >= 11 is 0. The summed E-state index contributed by atoms with van der Waals surface area (Å²) in [6.45, 7) is 11.5. The Bertz CT molecular complexity index is 1780. The molecule has 0 radical (unpaired) electrons. The van der Waals surface area contributed by atoms with E-state index in [4.69, 9.17) is 23.9 Å². The average Bonchev–Trinajstić information content (AvgIpc) is 2.97. The Morgan fingerprint density at radius 3 is 2.02 bits per heavy atom. The SMILES string of the molecule is CCOC(=O)c1c(C(C(=O)OC(C)(C)C)C(=O)OC(C)(C)C)cc(-c2ccc3ccccc3n2)n(Cc2ccc(OC)cc2)c1=O. The van der Waals surface area contributed by atoms with Crippen LogP contribution >= 0.6 is 0 Å². The number of rotatable bonds is 9. The number of methoxy groups -OCH3 is 1. The number of hydrogen-bond donors (Lipinski definition) is 0. The molecule has 46 heavy (non-hydrogen) atoms. The van der Waals surface area contributed by atoms with Crippen molar-refractivity contribution in [2.45, 2.75) is 72.1 Å². The fraction of sp³-hybridized carbons (Fsp3) is 0.361. The maximum atomic E-state index is 14.5. The molecule has 2 aromatic carbocycles. The molecule has 2 aromatic heterocycles. The first kappa shape index (κ1) is 33.9. The van der Waals surface area contributed by atoms with Crippen LogP contribution in [0.4, 0.5) is 0 Å². The second kappa shape index (κ2) is 13.6. The molecule has 4 rings (SSSR count). The lowest BCUT2D eigenvalue weighted by molar-refractivity contribution is -0.169. The van der Waals surface area contributed by atoms with E-state index in [-0.39, 0.29) is 24.4 Å². The quantitative estimate of drug-likeness (QED) is 0.124. The zero-order valence-corrected chi connectivity index (χ0v) is 27.5. The van der Waals surface area contributed by atoms with E-state index in [0.717, 1.165) is 10.9 Å². The van der Waals surface area contributed by atoms with Crippen LogP contribution < -0.4 is 10.3 Å². The van der Waals surface area contributed by atoms with Crippen molar-refractivity contribution < 1.29 is 33.3 Å². The molecule has 0 saturated heterocycles. The van der Waals surface area contributed by atoms with Gasteiger partial charge < -0.3 is 23.5 Å². The minimum atomic E-state index is -1.78. The summed E-state index contributed by atoms with van der Waals surface area (Å²) in [7, 11) is 1.55. The van der Waals surface area contributed by atoms with Crippen molar-refractivity contribution in [3.8, 4) is 17.1 Å². The third kappa shape index (κ3) is 7.99. The van der Waals surface area contributed by atoms with Crippen molar-refractivity contribution in [1.29, 1.82) is 0 Å². The number of aromatic nitrogens is 2. The van der Waals surface area contributed by atoms with E-state index in [1.165, 1.54) is 10.6 Å². The minimum Gasteiger partial charge on any atom is -0.497 e. The molecule has 0 saturated carbocycles. The van der Waals surface area contributed by atoms with E-state index in [9.17, 15) is 19.2 Å². The minimum absolute atomic E-state index is 0.0306. The van der Waals surface area contributed by atoms with Crippen LogP contribution in [0, 0.1) is 0 Å². The second-order valence-corrected chi connectivity index (χ2v) is 12.7. The highest BCUT2D eigenvalue weighted by Gasteiger charge is 2.41. The van der Waals surface area contributed by atoms with Gasteiger partial charge in [0.05, 0.1) is 37.2 Å². The smallest absolute Gasteiger partial charge is 0.344 e. The van der Waals surface area contributed by atoms with E-state index in [0.29, 0.717) is 17.0 Å². The predicted octanol–water partition coefficient (Wildman–Crippen LogP) is 6.06. The standard InChI is InChI=1S/C36H40N2O8/c1-9-44-32(40)29-25(30(33(41)45-35(2,3)4)34(42)46-36(5,6)7)20-28(27-19-16-23-12-10-11-13-26(23)37-27)38(31(29)39)21-22-14-17-24(43-8)18-15-22/h10-20,30H,9,21H2,1-8H3. The van der Waals surface area contributed by atoms with Crippen LogP contribution in [0.2, 0.25) is 0 Å². The number of benzene rings is 2. The monoisotopic (exact) mass is 628 g/mol. The fourth-order valence-corrected chi connectivity index (χ4v) is 4.86. The van der Waals surface area contributed by atoms with Crippen molar-refractivity contribution in [1.82, 2.24) is 9.55 Å². The third-order valence-electron chi connectivity index (χ3n) is 6.77. The molecule has 4 aromatic rings. The molecule has 242 valence electrons. The van der Waals surface area contributed by atoms with Gasteiger partial charge in [-0.2, -0.15) is 0 Å². The number of fused-ring (bicyclic) bond motifs is 1. The number of para-hydroxylation sites is 1. The van der Waals surface area contributed by atoms with Crippen LogP contribution in [0.5, 0.6) is 5.75 Å². The molecule has 0 unspecified atom stereocenters. The van der Waals surface area contributed by atoms with Gasteiger partial charge in [0.15, 0.2) is 5.92 Å². The molecule has 0 bridgehead atoms. The molecule has 2 heterocycles. The van der Waals surface area contributed by atoms with Crippen molar-refractivity contribution in [3.05, 3.63) is 93.8 Å². The molecule has 10 heteroatoms. The Kier molecular flexibility index (Phi) is 9.99. The second-order valence-electron chi connectivity index (χ2n) is 12.7. The van der Waals surface area contributed by atoms with Crippen LogP contribution in [-0.4, -0.2) is 52.4 Å². The van der Waals surface area contributed by atoms with Gasteiger partial charge in [0.2, 0.25) is 0 Å². The number of ether oxygens (including phenoxy) is 4. The highest BCUT2D eigenvalue weighted by atomic mass is 16.6. The van der Waals surface area contributed by atoms with Crippen molar-refractivity contribution in [2.75, 3.05) is 13.7 Å². The van der Waals surface area contributed by atoms with Gasteiger partial charge in [-0.3, -0.25) is 14.4 Å². The van der Waals surface area contributed by atoms with E-state index >= 15 is 0 Å². The summed E-state index contributed by atoms with van der Waals surface area (Å²) in [5, 5.41) is 0.874. The number of hydrogen-bond acceptors (Lipinski definition) is 9. The zero-order chi connectivity index (χ0) is 33.8. The van der Waals surface area contributed by atoms with E-state index in [2.05, 4.69) is 0 Å². The lowest BCUT2D eigenvalue weighted by atomic mass is 9.92. The summed E-state index contributed by atoms with van der Waals surface area (Å²) in [4.78, 5) is 60.4. The van der Waals surface area contributed by atoms with Crippen LogP contribution in [0.25, 0.3) is 22.3 Å². The van der Waals surface area contributed by atoms with Crippen molar-refractivity contribution >= 4 is 28.8 Å².